The summed E-state index contributed by atoms with van der Waals surface area (Å²) in [7, 11) is 0. The highest BCUT2D eigenvalue weighted by Gasteiger charge is 2.17. The Balaban J connectivity index is 0.000000747. The van der Waals surface area contributed by atoms with Crippen molar-refractivity contribution in [2.24, 2.45) is 0 Å². The molecule has 2 aromatic heterocycles. The van der Waals surface area contributed by atoms with Gasteiger partial charge in [0.25, 0.3) is 5.91 Å². The van der Waals surface area contributed by atoms with Crippen LogP contribution in [0.5, 0.6) is 0 Å². The van der Waals surface area contributed by atoms with Crippen LogP contribution < -0.4 is 9.62 Å². The molecule has 5 rings (SSSR count). The number of rotatable bonds is 5. The highest BCUT2D eigenvalue weighted by atomic mass is 35.5. The number of benzene rings is 2. The lowest BCUT2D eigenvalue weighted by atomic mass is 10.1. The van der Waals surface area contributed by atoms with E-state index in [4.69, 9.17) is 23.2 Å². The maximum Gasteiger partial charge on any atom is 0.257 e. The average molecular weight is 554 g/mol. The third kappa shape index (κ3) is 6.95. The van der Waals surface area contributed by atoms with E-state index in [1.165, 1.54) is 19.3 Å². The number of anilines is 2. The molecule has 2 aromatic carbocycles. The molecule has 1 fully saturated rings. The molecule has 0 radical (unpaired) electrons. The van der Waals surface area contributed by atoms with Crippen LogP contribution >= 0.6 is 35.1 Å². The van der Waals surface area contributed by atoms with Crippen LogP contribution in [0.25, 0.3) is 22.3 Å². The molecule has 0 bridgehead atoms. The molecule has 8 heteroatoms. The second kappa shape index (κ2) is 13.1. The molecule has 1 aliphatic heterocycles. The number of carbonyl (C=O) groups excluding carboxylic acids is 1. The number of hydrogen-bond donors (Lipinski definition) is 1. The summed E-state index contributed by atoms with van der Waals surface area (Å²) in [6.07, 6.45) is 6.76. The van der Waals surface area contributed by atoms with Crippen molar-refractivity contribution in [1.82, 2.24) is 9.97 Å². The highest BCUT2D eigenvalue weighted by Crippen LogP contribution is 2.33. The molecule has 1 amide bonds. The van der Waals surface area contributed by atoms with E-state index < -0.39 is 0 Å². The Bertz CT molecular complexity index is 1370. The fourth-order valence-corrected chi connectivity index (χ4v) is 5.30. The molecule has 0 unspecified atom stereocenters. The predicted molar refractivity (Wildman–Crippen MR) is 159 cm³/mol. The number of nitrogens with one attached hydrogen (secondary N) is 1. The second-order valence-corrected chi connectivity index (χ2v) is 10.6. The van der Waals surface area contributed by atoms with Gasteiger partial charge in [0.15, 0.2) is 0 Å². The van der Waals surface area contributed by atoms with Crippen LogP contribution in [0, 0.1) is 0 Å². The van der Waals surface area contributed by atoms with Crippen LogP contribution in [0.1, 0.15) is 49.9 Å². The summed E-state index contributed by atoms with van der Waals surface area (Å²) in [6.45, 7) is 5.35. The molecule has 1 aliphatic rings. The Hall–Kier alpha value is -2.80. The van der Waals surface area contributed by atoms with Gasteiger partial charge in [0.1, 0.15) is 0 Å². The summed E-state index contributed by atoms with van der Waals surface area (Å²) in [5, 5.41) is 3.90. The van der Waals surface area contributed by atoms with Gasteiger partial charge in [0, 0.05) is 35.4 Å². The average Bonchev–Trinajstić information content (AvgIpc) is 2.94. The van der Waals surface area contributed by atoms with Crippen molar-refractivity contribution < 1.29 is 4.79 Å². The normalized spacial score (nSPS) is 13.1. The number of halogens is 2. The smallest absolute Gasteiger partial charge is 0.257 e. The lowest BCUT2D eigenvalue weighted by Gasteiger charge is -2.27. The van der Waals surface area contributed by atoms with Crippen molar-refractivity contribution in [2.45, 2.75) is 39.5 Å². The lowest BCUT2D eigenvalue weighted by molar-refractivity contribution is 0.102. The molecule has 3 heterocycles. The van der Waals surface area contributed by atoms with Crippen molar-refractivity contribution in [3.63, 3.8) is 0 Å². The third-order valence-electron chi connectivity index (χ3n) is 5.94. The van der Waals surface area contributed by atoms with Crippen LogP contribution in [-0.2, 0) is 0 Å². The maximum absolute atomic E-state index is 13.0. The zero-order valence-corrected chi connectivity index (χ0v) is 23.3. The van der Waals surface area contributed by atoms with E-state index in [1.54, 1.807) is 36.3 Å². The van der Waals surface area contributed by atoms with E-state index in [9.17, 15) is 4.79 Å². The number of hydrogen-bond acceptors (Lipinski definition) is 5. The van der Waals surface area contributed by atoms with Crippen molar-refractivity contribution >= 4 is 63.5 Å². The van der Waals surface area contributed by atoms with Gasteiger partial charge in [0.05, 0.1) is 32.3 Å². The van der Waals surface area contributed by atoms with Gasteiger partial charge in [0.2, 0.25) is 0 Å². The monoisotopic (exact) mass is 552 g/mol. The first-order chi connectivity index (χ1) is 18.0. The summed E-state index contributed by atoms with van der Waals surface area (Å²) in [6, 6.07) is 18.4. The molecule has 1 N–H and O–H groups in total. The molecule has 0 aliphatic carbocycles. The van der Waals surface area contributed by atoms with Gasteiger partial charge in [-0.05, 0) is 85.5 Å². The number of pyridine rings is 2. The lowest BCUT2D eigenvalue weighted by Crippen LogP contribution is -2.21. The fraction of sp³-hybridized carbons (Fsp3) is 0.276. The zero-order chi connectivity index (χ0) is 26.2. The third-order valence-corrected chi connectivity index (χ3v) is 7.76. The van der Waals surface area contributed by atoms with Crippen molar-refractivity contribution in [2.75, 3.05) is 21.9 Å². The largest absolute Gasteiger partial charge is 0.322 e. The minimum atomic E-state index is -0.276. The minimum Gasteiger partial charge on any atom is -0.322 e. The zero-order valence-electron chi connectivity index (χ0n) is 21.0. The van der Waals surface area contributed by atoms with Gasteiger partial charge in [-0.25, -0.2) is 4.98 Å². The minimum absolute atomic E-state index is 0.276. The Kier molecular flexibility index (Phi) is 9.67. The Morgan fingerprint density at radius 1 is 0.973 bits per heavy atom. The SMILES string of the molecule is CCCC.O=C(Nc1ccc(Cl)c(-c2ccc3ncccc3n2)c1)c1ccc(N2CCCCS2)cc1Cl. The molecule has 192 valence electrons. The molecule has 4 aromatic rings. The quantitative estimate of drug-likeness (QED) is 0.250. The molecule has 5 nitrogen and oxygen atoms in total. The Morgan fingerprint density at radius 2 is 1.81 bits per heavy atom. The van der Waals surface area contributed by atoms with Crippen LogP contribution in [-0.4, -0.2) is 28.2 Å². The van der Waals surface area contributed by atoms with Crippen LogP contribution in [0.4, 0.5) is 11.4 Å². The number of aromatic nitrogens is 2. The number of unbranched alkanes of at least 4 members (excludes halogenated alkanes) is 1. The molecule has 1 saturated heterocycles. The second-order valence-electron chi connectivity index (χ2n) is 8.69. The molecule has 0 saturated carbocycles. The highest BCUT2D eigenvalue weighted by molar-refractivity contribution is 8.00. The van der Waals surface area contributed by atoms with Crippen molar-refractivity contribution in [3.05, 3.63) is 82.5 Å². The van der Waals surface area contributed by atoms with Gasteiger partial charge in [-0.15, -0.1) is 0 Å². The van der Waals surface area contributed by atoms with E-state index in [1.807, 2.05) is 42.5 Å². The van der Waals surface area contributed by atoms with Crippen LogP contribution in [0.3, 0.4) is 0 Å². The van der Waals surface area contributed by atoms with E-state index in [0.717, 1.165) is 41.0 Å². The molecular weight excluding hydrogens is 523 g/mol. The van der Waals surface area contributed by atoms with Crippen LogP contribution in [0.2, 0.25) is 10.0 Å². The van der Waals surface area contributed by atoms with Gasteiger partial charge < -0.3 is 9.62 Å². The Morgan fingerprint density at radius 3 is 2.54 bits per heavy atom. The van der Waals surface area contributed by atoms with Gasteiger partial charge in [-0.2, -0.15) is 0 Å². The first-order valence-corrected chi connectivity index (χ1v) is 14.2. The van der Waals surface area contributed by atoms with Gasteiger partial charge in [-0.1, -0.05) is 49.9 Å². The van der Waals surface area contributed by atoms with E-state index in [-0.39, 0.29) is 5.91 Å². The first-order valence-electron chi connectivity index (χ1n) is 12.5. The topological polar surface area (TPSA) is 58.1 Å². The summed E-state index contributed by atoms with van der Waals surface area (Å²) in [5.41, 5.74) is 5.07. The number of carbonyl (C=O) groups is 1. The molecule has 0 atom stereocenters. The maximum atomic E-state index is 13.0. The predicted octanol–water partition coefficient (Wildman–Crippen LogP) is 8.91. The van der Waals surface area contributed by atoms with E-state index in [0.29, 0.717) is 27.0 Å². The summed E-state index contributed by atoms with van der Waals surface area (Å²) in [4.78, 5) is 21.9. The van der Waals surface area contributed by atoms with Crippen molar-refractivity contribution in [1.29, 1.82) is 0 Å². The Labute approximate surface area is 232 Å². The first kappa shape index (κ1) is 27.2. The number of amides is 1. The molecule has 37 heavy (non-hydrogen) atoms. The fourth-order valence-electron chi connectivity index (χ4n) is 3.75. The van der Waals surface area contributed by atoms with Gasteiger partial charge >= 0.3 is 0 Å². The van der Waals surface area contributed by atoms with Gasteiger partial charge in [-0.3, -0.25) is 9.78 Å². The number of fused-ring (bicyclic) bond motifs is 1. The summed E-state index contributed by atoms with van der Waals surface area (Å²) in [5.74, 6) is 0.822. The van der Waals surface area contributed by atoms with Crippen LogP contribution in [0.15, 0.2) is 66.9 Å². The molecule has 0 spiro atoms. The summed E-state index contributed by atoms with van der Waals surface area (Å²) >= 11 is 14.7. The van der Waals surface area contributed by atoms with Crippen molar-refractivity contribution in [3.8, 4) is 11.3 Å². The van der Waals surface area contributed by atoms with E-state index in [2.05, 4.69) is 33.4 Å². The standard InChI is InChI=1S/C25H20Cl2N4OS.C4H10/c26-20-8-5-16(14-19(20)22-9-10-23-24(30-22)4-3-11-28-23)29-25(32)18-7-6-17(15-21(18)27)31-12-1-2-13-33-31;1-3-4-2/h3-11,14-15H,1-2,12-13H2,(H,29,32);3-4H2,1-2H3. The summed E-state index contributed by atoms with van der Waals surface area (Å²) < 4.78 is 2.23. The number of nitrogens with zero attached hydrogens (tertiary/aromatic N) is 3. The van der Waals surface area contributed by atoms with E-state index >= 15 is 0 Å². The molecular formula is C29H30Cl2N4OS.